The Morgan fingerprint density at radius 2 is 1.67 bits per heavy atom. The van der Waals surface area contributed by atoms with Crippen molar-refractivity contribution < 1.29 is 29.0 Å². The van der Waals surface area contributed by atoms with Gasteiger partial charge >= 0.3 is 11.9 Å². The number of nitrogens with one attached hydrogen (secondary N) is 1. The number of carboxylic acids is 1. The summed E-state index contributed by atoms with van der Waals surface area (Å²) in [5, 5.41) is 10.2. The lowest BCUT2D eigenvalue weighted by molar-refractivity contribution is -0.138. The number of imide groups is 1. The number of halogens is 1. The average molecular weight is 538 g/mol. The summed E-state index contributed by atoms with van der Waals surface area (Å²) in [6, 6.07) is 5.18. The molecule has 2 amide bonds. The van der Waals surface area contributed by atoms with E-state index in [1.165, 1.54) is 25.7 Å². The van der Waals surface area contributed by atoms with Gasteiger partial charge in [0.15, 0.2) is 0 Å². The van der Waals surface area contributed by atoms with E-state index in [1.807, 2.05) is 0 Å². The number of benzene rings is 1. The van der Waals surface area contributed by atoms with E-state index in [9.17, 15) is 19.2 Å². The van der Waals surface area contributed by atoms with E-state index in [0.717, 1.165) is 43.0 Å². The number of carbonyl (C=O) groups is 4. The first-order chi connectivity index (χ1) is 15.8. The maximum Gasteiger partial charge on any atom is 0.311 e. The third-order valence-electron chi connectivity index (χ3n) is 5.99. The molecule has 7 nitrogen and oxygen atoms in total. The minimum Gasteiger partial charge on any atom is -0.481 e. The highest BCUT2D eigenvalue weighted by Crippen LogP contribution is 2.32. The third-order valence-corrected chi connectivity index (χ3v) is 7.42. The van der Waals surface area contributed by atoms with Crippen molar-refractivity contribution in [2.45, 2.75) is 64.2 Å². The van der Waals surface area contributed by atoms with E-state index >= 15 is 0 Å². The maximum absolute atomic E-state index is 12.0. The predicted octanol–water partition coefficient (Wildman–Crippen LogP) is 5.91. The van der Waals surface area contributed by atoms with Crippen LogP contribution in [-0.4, -0.2) is 28.2 Å². The number of esters is 1. The zero-order valence-corrected chi connectivity index (χ0v) is 20.7. The minimum atomic E-state index is -0.637. The largest absolute Gasteiger partial charge is 0.481 e. The molecular weight excluding hydrogens is 510 g/mol. The second kappa shape index (κ2) is 12.4. The van der Waals surface area contributed by atoms with Gasteiger partial charge in [-0.05, 0) is 89.0 Å². The highest BCUT2D eigenvalue weighted by Gasteiger charge is 2.25. The molecule has 2 N–H and O–H groups in total. The van der Waals surface area contributed by atoms with Gasteiger partial charge in [0.1, 0.15) is 5.75 Å². The molecule has 0 spiro atoms. The minimum absolute atomic E-state index is 0.218. The Morgan fingerprint density at radius 3 is 2.18 bits per heavy atom. The summed E-state index contributed by atoms with van der Waals surface area (Å²) >= 11 is 4.25. The number of rotatable bonds is 6. The van der Waals surface area contributed by atoms with Crippen molar-refractivity contribution >= 4 is 56.9 Å². The fourth-order valence-corrected chi connectivity index (χ4v) is 5.50. The summed E-state index contributed by atoms with van der Waals surface area (Å²) in [5.74, 6) is 0.137. The molecule has 0 radical (unpaired) electrons. The molecule has 9 heteroatoms. The Labute approximate surface area is 205 Å². The molecule has 0 bridgehead atoms. The Kier molecular flexibility index (Phi) is 9.55. The molecule has 2 aliphatic carbocycles. The summed E-state index contributed by atoms with van der Waals surface area (Å²) in [6.07, 6.45) is 11.8. The number of carboxylic acid groups (broad SMARTS) is 1. The fourth-order valence-electron chi connectivity index (χ4n) is 4.34. The molecule has 3 aliphatic rings. The summed E-state index contributed by atoms with van der Waals surface area (Å²) < 4.78 is 6.06. The first-order valence-electron chi connectivity index (χ1n) is 11.3. The lowest BCUT2D eigenvalue weighted by Gasteiger charge is -2.10. The van der Waals surface area contributed by atoms with E-state index in [1.54, 1.807) is 24.3 Å². The van der Waals surface area contributed by atoms with Gasteiger partial charge in [-0.15, -0.1) is 0 Å². The van der Waals surface area contributed by atoms with Crippen LogP contribution in [-0.2, 0) is 14.4 Å². The second-order valence-electron chi connectivity index (χ2n) is 8.62. The van der Waals surface area contributed by atoms with Crippen LogP contribution in [0.25, 0.3) is 6.08 Å². The number of carbonyl (C=O) groups excluding carboxylic acids is 3. The van der Waals surface area contributed by atoms with Gasteiger partial charge in [-0.1, -0.05) is 31.7 Å². The van der Waals surface area contributed by atoms with Gasteiger partial charge < -0.3 is 9.84 Å². The topological polar surface area (TPSA) is 110 Å². The average Bonchev–Trinajstić information content (AvgIpc) is 3.49. The van der Waals surface area contributed by atoms with Crippen LogP contribution in [0.4, 0.5) is 4.79 Å². The number of aliphatic carboxylic acids is 1. The van der Waals surface area contributed by atoms with Crippen molar-refractivity contribution in [2.24, 2.45) is 11.8 Å². The molecule has 1 aromatic rings. The Hall–Kier alpha value is -2.13. The number of ether oxygens (including phenoxy) is 1. The first-order valence-corrected chi connectivity index (χ1v) is 12.9. The van der Waals surface area contributed by atoms with Crippen molar-refractivity contribution in [3.8, 4) is 5.75 Å². The van der Waals surface area contributed by atoms with Crippen molar-refractivity contribution in [1.82, 2.24) is 5.32 Å². The number of hydrogen-bond donors (Lipinski definition) is 2. The van der Waals surface area contributed by atoms with Crippen LogP contribution >= 0.6 is 27.7 Å². The zero-order valence-electron chi connectivity index (χ0n) is 18.3. The van der Waals surface area contributed by atoms with Crippen LogP contribution in [0.1, 0.15) is 69.8 Å². The van der Waals surface area contributed by atoms with E-state index in [-0.39, 0.29) is 11.2 Å². The van der Waals surface area contributed by atoms with Crippen molar-refractivity contribution in [1.29, 1.82) is 0 Å². The molecule has 1 aromatic carbocycles. The number of hydrogen-bond acceptors (Lipinski definition) is 6. The fraction of sp³-hybridized carbons (Fsp3) is 0.500. The van der Waals surface area contributed by atoms with Gasteiger partial charge in [-0.25, -0.2) is 0 Å². The molecule has 3 fully saturated rings. The molecule has 1 heterocycles. The van der Waals surface area contributed by atoms with E-state index in [4.69, 9.17) is 9.84 Å². The molecule has 0 aromatic heterocycles. The van der Waals surface area contributed by atoms with E-state index in [2.05, 4.69) is 21.2 Å². The third kappa shape index (κ3) is 8.30. The molecule has 2 saturated carbocycles. The van der Waals surface area contributed by atoms with Gasteiger partial charge in [0.05, 0.1) is 9.38 Å². The molecule has 4 rings (SSSR count). The van der Waals surface area contributed by atoms with Crippen LogP contribution in [0.5, 0.6) is 5.75 Å². The van der Waals surface area contributed by atoms with Gasteiger partial charge in [0, 0.05) is 12.8 Å². The standard InChI is InChI=1S/C17H16BrNO4S.C7H12O2/c18-12-7-11(8-14-16(21)19-17(22)24-14)5-6-13(12)23-15(20)9-10-3-1-2-4-10;8-7(9)5-6-3-1-2-4-6/h5-8,10H,1-4,9H2,(H,19,21,22);6H,1-5H2,(H,8,9)/b14-8-;. The lowest BCUT2D eigenvalue weighted by Crippen LogP contribution is -2.17. The van der Waals surface area contributed by atoms with Gasteiger partial charge in [0.2, 0.25) is 0 Å². The molecule has 1 aliphatic heterocycles. The van der Waals surface area contributed by atoms with Crippen molar-refractivity contribution in [3.05, 3.63) is 33.1 Å². The Morgan fingerprint density at radius 1 is 1.06 bits per heavy atom. The summed E-state index contributed by atoms with van der Waals surface area (Å²) in [7, 11) is 0. The van der Waals surface area contributed by atoms with Crippen LogP contribution < -0.4 is 10.1 Å². The molecule has 33 heavy (non-hydrogen) atoms. The maximum atomic E-state index is 12.0. The normalized spacial score (nSPS) is 20.0. The van der Waals surface area contributed by atoms with Crippen molar-refractivity contribution in [3.63, 3.8) is 0 Å². The molecule has 0 atom stereocenters. The lowest BCUT2D eigenvalue weighted by atomic mass is 10.0. The second-order valence-corrected chi connectivity index (χ2v) is 10.5. The SMILES string of the molecule is O=C(CC1CCCC1)Oc1ccc(/C=C2\SC(=O)NC2=O)cc1Br.O=C(O)CC1CCCC1. The van der Waals surface area contributed by atoms with Crippen LogP contribution in [0, 0.1) is 11.8 Å². The quantitative estimate of drug-likeness (QED) is 0.263. The van der Waals surface area contributed by atoms with Gasteiger partial charge in [0.25, 0.3) is 11.1 Å². The molecular formula is C24H28BrNO6S. The van der Waals surface area contributed by atoms with E-state index < -0.39 is 11.9 Å². The monoisotopic (exact) mass is 537 g/mol. The zero-order chi connectivity index (χ0) is 23.8. The first kappa shape index (κ1) is 25.5. The number of amides is 2. The summed E-state index contributed by atoms with van der Waals surface area (Å²) in [5.41, 5.74) is 0.741. The summed E-state index contributed by atoms with van der Waals surface area (Å²) in [4.78, 5) is 45.2. The Bertz CT molecular complexity index is 935. The predicted molar refractivity (Wildman–Crippen MR) is 130 cm³/mol. The molecule has 178 valence electrons. The van der Waals surface area contributed by atoms with Crippen LogP contribution in [0.2, 0.25) is 0 Å². The van der Waals surface area contributed by atoms with Gasteiger partial charge in [-0.3, -0.25) is 24.5 Å². The highest BCUT2D eigenvalue weighted by atomic mass is 79.9. The van der Waals surface area contributed by atoms with Gasteiger partial charge in [-0.2, -0.15) is 0 Å². The summed E-state index contributed by atoms with van der Waals surface area (Å²) in [6.45, 7) is 0. The molecule has 1 saturated heterocycles. The highest BCUT2D eigenvalue weighted by molar-refractivity contribution is 9.10. The Balaban J connectivity index is 0.000000286. The number of thioether (sulfide) groups is 1. The molecule has 0 unspecified atom stereocenters. The smallest absolute Gasteiger partial charge is 0.311 e. The van der Waals surface area contributed by atoms with Crippen LogP contribution in [0.3, 0.4) is 0 Å². The van der Waals surface area contributed by atoms with Crippen molar-refractivity contribution in [2.75, 3.05) is 0 Å². The van der Waals surface area contributed by atoms with E-state index in [0.29, 0.717) is 39.8 Å². The van der Waals surface area contributed by atoms with Crippen LogP contribution in [0.15, 0.2) is 27.6 Å².